The first-order chi connectivity index (χ1) is 13.6. The van der Waals surface area contributed by atoms with Crippen LogP contribution >= 0.6 is 0 Å². The molecule has 0 N–H and O–H groups in total. The molecule has 0 heterocycles. The molecule has 0 unspecified atom stereocenters. The fourth-order valence-corrected chi connectivity index (χ4v) is 4.79. The van der Waals surface area contributed by atoms with E-state index in [-0.39, 0.29) is 32.6 Å². The Morgan fingerprint density at radius 1 is 0.690 bits per heavy atom. The molecule has 0 fully saturated rings. The van der Waals surface area contributed by atoms with Crippen molar-refractivity contribution in [1.82, 2.24) is 0 Å². The smallest absolute Gasteiger partial charge is 0.294 e. The minimum Gasteiger partial charge on any atom is -0.294 e. The molecule has 0 aromatic heterocycles. The zero-order valence-corrected chi connectivity index (χ0v) is 19.3. The average Bonchev–Trinajstić information content (AvgIpc) is 3.25. The second kappa shape index (κ2) is 7.35. The summed E-state index contributed by atoms with van der Waals surface area (Å²) in [6.07, 6.45) is 0.809. The first kappa shape index (κ1) is 19.7. The van der Waals surface area contributed by atoms with E-state index >= 15 is 0 Å². The van der Waals surface area contributed by atoms with Gasteiger partial charge < -0.3 is 0 Å². The first-order valence-electron chi connectivity index (χ1n) is 9.55. The monoisotopic (exact) mass is 547 g/mol. The van der Waals surface area contributed by atoms with Crippen molar-refractivity contribution in [2.45, 2.75) is 26.7 Å². The number of carbonyl (C=O) groups is 2. The van der Waals surface area contributed by atoms with E-state index in [1.165, 1.54) is 0 Å². The van der Waals surface area contributed by atoms with Crippen LogP contribution in [0.25, 0.3) is 11.1 Å². The molecule has 0 aliphatic heterocycles. The van der Waals surface area contributed by atoms with Crippen molar-refractivity contribution in [3.05, 3.63) is 104 Å². The third-order valence-electron chi connectivity index (χ3n) is 6.06. The Morgan fingerprint density at radius 2 is 1.14 bits per heavy atom. The third kappa shape index (κ3) is 2.90. The second-order valence-corrected chi connectivity index (χ2v) is 7.56. The molecule has 29 heavy (non-hydrogen) atoms. The van der Waals surface area contributed by atoms with Crippen LogP contribution < -0.4 is 10.4 Å². The summed E-state index contributed by atoms with van der Waals surface area (Å²) < 4.78 is 0. The van der Waals surface area contributed by atoms with E-state index in [2.05, 4.69) is 19.9 Å². The van der Waals surface area contributed by atoms with E-state index in [0.717, 1.165) is 55.0 Å². The Labute approximate surface area is 184 Å². The Kier molecular flexibility index (Phi) is 5.00. The van der Waals surface area contributed by atoms with Gasteiger partial charge in [-0.2, -0.15) is 30.3 Å². The van der Waals surface area contributed by atoms with Crippen LogP contribution in [0.2, 0.25) is 0 Å². The van der Waals surface area contributed by atoms with Crippen molar-refractivity contribution >= 4 is 22.7 Å². The number of ketones is 2. The van der Waals surface area contributed by atoms with Crippen molar-refractivity contribution < 1.29 is 30.7 Å². The maximum absolute atomic E-state index is 13.0. The molecule has 0 amide bonds. The molecule has 3 aromatic carbocycles. The van der Waals surface area contributed by atoms with Crippen molar-refractivity contribution in [1.29, 1.82) is 0 Å². The van der Waals surface area contributed by atoms with Gasteiger partial charge in [-0.25, -0.2) is 0 Å². The predicted octanol–water partition coefficient (Wildman–Crippen LogP) is 2.75. The van der Waals surface area contributed by atoms with Crippen LogP contribution in [0, 0.1) is 19.9 Å². The van der Waals surface area contributed by atoms with Crippen LogP contribution in [0.1, 0.15) is 33.4 Å². The Hall–Kier alpha value is -2.57. The van der Waals surface area contributed by atoms with Gasteiger partial charge in [-0.1, -0.05) is 30.3 Å². The standard InChI is InChI=1S/C26H19O2.W/c1-15-19-13-21(27)26(18-11-7-4-8-12-18)24(19)16(2)20-14-22(28)25(23(15)20)17-9-5-3-6-10-17;/h3,5-12H,13-14H2,1-2H3;/q-1;+2. The molecule has 0 spiro atoms. The quantitative estimate of drug-likeness (QED) is 0.463. The summed E-state index contributed by atoms with van der Waals surface area (Å²) in [4.78, 5) is 25.9. The second-order valence-electron chi connectivity index (χ2n) is 7.56. The Balaban J connectivity index is 0.00000205. The molecule has 0 saturated heterocycles. The molecular weight excluding hydrogens is 528 g/mol. The van der Waals surface area contributed by atoms with E-state index in [0.29, 0.717) is 12.8 Å². The summed E-state index contributed by atoms with van der Waals surface area (Å²) in [6.45, 7) is 4.12. The number of hydrogen-bond acceptors (Lipinski definition) is 2. The molecule has 2 nitrogen and oxygen atoms in total. The first-order valence-corrected chi connectivity index (χ1v) is 9.55. The molecule has 0 radical (unpaired) electrons. The van der Waals surface area contributed by atoms with E-state index in [4.69, 9.17) is 0 Å². The van der Waals surface area contributed by atoms with Gasteiger partial charge in [0.1, 0.15) is 0 Å². The molecule has 0 atom stereocenters. The summed E-state index contributed by atoms with van der Waals surface area (Å²) in [6, 6.07) is 20.5. The molecule has 140 valence electrons. The van der Waals surface area contributed by atoms with Crippen molar-refractivity contribution in [2.75, 3.05) is 0 Å². The molecule has 3 aromatic rings. The Morgan fingerprint density at radius 3 is 1.62 bits per heavy atom. The fraction of sp³-hybridized carbons (Fsp3) is 0.154. The van der Waals surface area contributed by atoms with Gasteiger partial charge in [0.05, 0.1) is 0 Å². The van der Waals surface area contributed by atoms with Crippen molar-refractivity contribution in [3.63, 3.8) is 0 Å². The summed E-state index contributed by atoms with van der Waals surface area (Å²) in [5.74, 6) is 0.321. The van der Waals surface area contributed by atoms with Crippen LogP contribution in [-0.2, 0) is 43.5 Å². The Bertz CT molecular complexity index is 1180. The molecule has 0 saturated carbocycles. The average molecular weight is 547 g/mol. The minimum atomic E-state index is 0. The molecule has 0 bridgehead atoms. The van der Waals surface area contributed by atoms with Crippen LogP contribution in [-0.4, -0.2) is 11.6 Å². The predicted molar refractivity (Wildman–Crippen MR) is 109 cm³/mol. The van der Waals surface area contributed by atoms with Gasteiger partial charge >= 0.3 is 21.1 Å². The summed E-state index contributed by atoms with van der Waals surface area (Å²) in [5, 5.41) is 2.08. The van der Waals surface area contributed by atoms with Gasteiger partial charge in [-0.05, 0) is 52.1 Å². The maximum Gasteiger partial charge on any atom is 2.00 e. The number of rotatable bonds is 2. The van der Waals surface area contributed by atoms with Gasteiger partial charge in [0, 0.05) is 24.0 Å². The van der Waals surface area contributed by atoms with Gasteiger partial charge in [0.2, 0.25) is 0 Å². The van der Waals surface area contributed by atoms with E-state index in [1.54, 1.807) is 0 Å². The molecule has 2 aliphatic rings. The number of fused-ring (bicyclic) bond motifs is 2. The third-order valence-corrected chi connectivity index (χ3v) is 6.06. The summed E-state index contributed by atoms with van der Waals surface area (Å²) in [7, 11) is 0. The van der Waals surface area contributed by atoms with E-state index in [1.807, 2.05) is 54.6 Å². The summed E-state index contributed by atoms with van der Waals surface area (Å²) in [5.41, 5.74) is 7.78. The van der Waals surface area contributed by atoms with Gasteiger partial charge in [-0.15, -0.1) is 5.56 Å². The van der Waals surface area contributed by atoms with Crippen LogP contribution in [0.3, 0.4) is 0 Å². The van der Waals surface area contributed by atoms with Gasteiger partial charge in [-0.3, -0.25) is 9.59 Å². The normalized spacial score (nSPS) is 14.7. The molecular formula is C26H19O2W+. The molecule has 5 rings (SSSR count). The number of Topliss-reactive ketones (excluding diaryl/α,β-unsaturated/α-hetero) is 2. The zero-order valence-electron chi connectivity index (χ0n) is 16.3. The van der Waals surface area contributed by atoms with Crippen molar-refractivity contribution in [2.24, 2.45) is 0 Å². The van der Waals surface area contributed by atoms with Crippen LogP contribution in [0.4, 0.5) is 0 Å². The topological polar surface area (TPSA) is 34.1 Å². The maximum atomic E-state index is 13.0. The van der Waals surface area contributed by atoms with Gasteiger partial charge in [0.25, 0.3) is 0 Å². The number of carbonyl (C=O) groups excluding carboxylic acids is 2. The van der Waals surface area contributed by atoms with Crippen LogP contribution in [0.5, 0.6) is 0 Å². The SMILES string of the molecule is Cc1c2c(c(C)c3c1=C(c1cc[c-]cc1)C(=O)C3)=C(c1ccccc1)C(=O)C2.[W+2]. The number of benzene rings is 3. The minimum absolute atomic E-state index is 0. The number of hydrogen-bond donors (Lipinski definition) is 0. The van der Waals surface area contributed by atoms with E-state index < -0.39 is 0 Å². The summed E-state index contributed by atoms with van der Waals surface area (Å²) >= 11 is 0. The van der Waals surface area contributed by atoms with E-state index in [9.17, 15) is 9.59 Å². The molecule has 3 heteroatoms. The fourth-order valence-electron chi connectivity index (χ4n) is 4.79. The van der Waals surface area contributed by atoms with Crippen molar-refractivity contribution in [3.8, 4) is 0 Å². The molecule has 2 aliphatic carbocycles. The zero-order chi connectivity index (χ0) is 19.4. The van der Waals surface area contributed by atoms with Crippen LogP contribution in [0.15, 0.2) is 54.6 Å². The van der Waals surface area contributed by atoms with Gasteiger partial charge in [0.15, 0.2) is 11.6 Å². The largest absolute Gasteiger partial charge is 2.00 e.